The van der Waals surface area contributed by atoms with Crippen molar-refractivity contribution in [2.24, 2.45) is 5.41 Å². The van der Waals surface area contributed by atoms with Crippen LogP contribution in [0.2, 0.25) is 0 Å². The smallest absolute Gasteiger partial charge is 0.136 e. The Hall–Kier alpha value is -0.800. The fourth-order valence-corrected chi connectivity index (χ4v) is 1.49. The Bertz CT molecular complexity index is 334. The van der Waals surface area contributed by atoms with Crippen LogP contribution in [0.4, 0.5) is 0 Å². The van der Waals surface area contributed by atoms with E-state index in [1.165, 1.54) is 0 Å². The van der Waals surface area contributed by atoms with Crippen LogP contribution in [0.1, 0.15) is 39.2 Å². The summed E-state index contributed by atoms with van der Waals surface area (Å²) in [7, 11) is 0. The highest BCUT2D eigenvalue weighted by Crippen LogP contribution is 2.22. The van der Waals surface area contributed by atoms with Gasteiger partial charge in [-0.25, -0.2) is 0 Å². The molecule has 2 N–H and O–H groups in total. The molecule has 1 aromatic rings. The average Bonchev–Trinajstić information content (AvgIpc) is 2.49. The molecule has 3 nitrogen and oxygen atoms in total. The molecule has 1 rings (SSSR count). The van der Waals surface area contributed by atoms with Gasteiger partial charge in [0.25, 0.3) is 0 Å². The molecule has 0 aliphatic rings. The van der Waals surface area contributed by atoms with Crippen LogP contribution in [-0.2, 0) is 5.60 Å². The lowest BCUT2D eigenvalue weighted by Gasteiger charge is -2.25. The molecule has 92 valence electrons. The van der Waals surface area contributed by atoms with E-state index < -0.39 is 5.60 Å². The van der Waals surface area contributed by atoms with Gasteiger partial charge in [0.2, 0.25) is 0 Å². The maximum absolute atomic E-state index is 10.2. The maximum Gasteiger partial charge on any atom is 0.136 e. The monoisotopic (exact) mass is 225 g/mol. The summed E-state index contributed by atoms with van der Waals surface area (Å²) >= 11 is 0. The standard InChI is InChI=1S/C13H23NO2/c1-10-6-7-11(16-10)13(5,15)9-14-8-12(2,3)4/h6-7,14-15H,8-9H2,1-5H3. The van der Waals surface area contributed by atoms with Crippen molar-refractivity contribution in [3.63, 3.8) is 0 Å². The van der Waals surface area contributed by atoms with E-state index in [1.807, 2.05) is 19.1 Å². The Morgan fingerprint density at radius 2 is 1.81 bits per heavy atom. The normalized spacial score (nSPS) is 16.1. The van der Waals surface area contributed by atoms with Crippen molar-refractivity contribution in [2.45, 2.75) is 40.2 Å². The second-order valence-corrected chi connectivity index (χ2v) is 5.85. The number of nitrogens with one attached hydrogen (secondary N) is 1. The summed E-state index contributed by atoms with van der Waals surface area (Å²) in [5.74, 6) is 1.44. The van der Waals surface area contributed by atoms with Crippen molar-refractivity contribution in [1.29, 1.82) is 0 Å². The lowest BCUT2D eigenvalue weighted by atomic mass is 9.96. The van der Waals surface area contributed by atoms with E-state index in [0.29, 0.717) is 12.3 Å². The van der Waals surface area contributed by atoms with Gasteiger partial charge in [-0.3, -0.25) is 0 Å². The van der Waals surface area contributed by atoms with Gasteiger partial charge in [-0.05, 0) is 31.4 Å². The third kappa shape index (κ3) is 3.99. The maximum atomic E-state index is 10.2. The van der Waals surface area contributed by atoms with Gasteiger partial charge < -0.3 is 14.8 Å². The predicted octanol–water partition coefficient (Wildman–Crippen LogP) is 2.43. The Kier molecular flexibility index (Phi) is 3.81. The van der Waals surface area contributed by atoms with Crippen LogP contribution in [0.15, 0.2) is 16.5 Å². The molecular formula is C13H23NO2. The first kappa shape index (κ1) is 13.3. The molecule has 0 saturated heterocycles. The zero-order valence-corrected chi connectivity index (χ0v) is 10.9. The summed E-state index contributed by atoms with van der Waals surface area (Å²) in [4.78, 5) is 0. The Labute approximate surface area is 97.9 Å². The van der Waals surface area contributed by atoms with Crippen LogP contribution in [0.5, 0.6) is 0 Å². The largest absolute Gasteiger partial charge is 0.463 e. The molecule has 0 aromatic carbocycles. The fraction of sp³-hybridized carbons (Fsp3) is 0.692. The molecular weight excluding hydrogens is 202 g/mol. The number of hydrogen-bond acceptors (Lipinski definition) is 3. The van der Waals surface area contributed by atoms with E-state index in [9.17, 15) is 5.11 Å². The number of hydrogen-bond donors (Lipinski definition) is 2. The number of aliphatic hydroxyl groups is 1. The first-order valence-electron chi connectivity index (χ1n) is 5.71. The van der Waals surface area contributed by atoms with Gasteiger partial charge in [-0.2, -0.15) is 0 Å². The van der Waals surface area contributed by atoms with Crippen molar-refractivity contribution in [2.75, 3.05) is 13.1 Å². The van der Waals surface area contributed by atoms with E-state index in [1.54, 1.807) is 6.92 Å². The van der Waals surface area contributed by atoms with E-state index in [4.69, 9.17) is 4.42 Å². The molecule has 0 aliphatic heterocycles. The van der Waals surface area contributed by atoms with Crippen molar-refractivity contribution < 1.29 is 9.52 Å². The van der Waals surface area contributed by atoms with E-state index in [0.717, 1.165) is 12.3 Å². The summed E-state index contributed by atoms with van der Waals surface area (Å²) in [6, 6.07) is 3.70. The van der Waals surface area contributed by atoms with Gasteiger partial charge in [-0.1, -0.05) is 20.8 Å². The molecule has 0 amide bonds. The zero-order chi connectivity index (χ0) is 12.4. The quantitative estimate of drug-likeness (QED) is 0.827. The van der Waals surface area contributed by atoms with Crippen LogP contribution < -0.4 is 5.32 Å². The first-order valence-corrected chi connectivity index (χ1v) is 5.71. The van der Waals surface area contributed by atoms with Crippen LogP contribution in [-0.4, -0.2) is 18.2 Å². The molecule has 0 saturated carbocycles. The van der Waals surface area contributed by atoms with Crippen LogP contribution in [0.25, 0.3) is 0 Å². The topological polar surface area (TPSA) is 45.4 Å². The Morgan fingerprint density at radius 1 is 1.19 bits per heavy atom. The second-order valence-electron chi connectivity index (χ2n) is 5.85. The van der Waals surface area contributed by atoms with Crippen LogP contribution in [0.3, 0.4) is 0 Å². The van der Waals surface area contributed by atoms with Crippen molar-refractivity contribution in [1.82, 2.24) is 5.32 Å². The summed E-state index contributed by atoms with van der Waals surface area (Å²) in [6.07, 6.45) is 0. The SMILES string of the molecule is Cc1ccc(C(C)(O)CNCC(C)(C)C)o1. The number of rotatable bonds is 4. The third-order valence-corrected chi connectivity index (χ3v) is 2.40. The molecule has 16 heavy (non-hydrogen) atoms. The average molecular weight is 225 g/mol. The van der Waals surface area contributed by atoms with Crippen LogP contribution >= 0.6 is 0 Å². The van der Waals surface area contributed by atoms with E-state index >= 15 is 0 Å². The first-order chi connectivity index (χ1) is 7.21. The lowest BCUT2D eigenvalue weighted by molar-refractivity contribution is 0.0318. The highest BCUT2D eigenvalue weighted by atomic mass is 16.4. The van der Waals surface area contributed by atoms with Crippen molar-refractivity contribution in [3.05, 3.63) is 23.7 Å². The van der Waals surface area contributed by atoms with E-state index in [2.05, 4.69) is 26.1 Å². The molecule has 0 fully saturated rings. The minimum absolute atomic E-state index is 0.217. The predicted molar refractivity (Wildman–Crippen MR) is 65.3 cm³/mol. The number of furan rings is 1. The summed E-state index contributed by atoms with van der Waals surface area (Å²) < 4.78 is 5.44. The third-order valence-electron chi connectivity index (χ3n) is 2.40. The molecule has 1 atom stereocenters. The van der Waals surface area contributed by atoms with Gasteiger partial charge in [0, 0.05) is 13.1 Å². The molecule has 0 aliphatic carbocycles. The fourth-order valence-electron chi connectivity index (χ4n) is 1.49. The minimum atomic E-state index is -0.945. The molecule has 1 heterocycles. The van der Waals surface area contributed by atoms with E-state index in [-0.39, 0.29) is 5.41 Å². The van der Waals surface area contributed by atoms with Crippen LogP contribution in [0, 0.1) is 12.3 Å². The Morgan fingerprint density at radius 3 is 2.25 bits per heavy atom. The Balaban J connectivity index is 2.52. The van der Waals surface area contributed by atoms with Crippen molar-refractivity contribution in [3.8, 4) is 0 Å². The van der Waals surface area contributed by atoms with Gasteiger partial charge in [0.15, 0.2) is 0 Å². The van der Waals surface area contributed by atoms with Gasteiger partial charge in [0.05, 0.1) is 0 Å². The van der Waals surface area contributed by atoms with Gasteiger partial charge in [-0.15, -0.1) is 0 Å². The summed E-state index contributed by atoms with van der Waals surface area (Å²) in [6.45, 7) is 11.5. The second kappa shape index (κ2) is 4.60. The molecule has 0 radical (unpaired) electrons. The zero-order valence-electron chi connectivity index (χ0n) is 10.9. The highest BCUT2D eigenvalue weighted by Gasteiger charge is 2.26. The van der Waals surface area contributed by atoms with Gasteiger partial charge >= 0.3 is 0 Å². The summed E-state index contributed by atoms with van der Waals surface area (Å²) in [5.41, 5.74) is -0.728. The lowest BCUT2D eigenvalue weighted by Crippen LogP contribution is -2.38. The summed E-state index contributed by atoms with van der Waals surface area (Å²) in [5, 5.41) is 13.5. The molecule has 1 aromatic heterocycles. The highest BCUT2D eigenvalue weighted by molar-refractivity contribution is 5.12. The van der Waals surface area contributed by atoms with Crippen molar-refractivity contribution >= 4 is 0 Å². The molecule has 3 heteroatoms. The molecule has 0 spiro atoms. The van der Waals surface area contributed by atoms with Gasteiger partial charge in [0.1, 0.15) is 17.1 Å². The molecule has 1 unspecified atom stereocenters. The molecule has 0 bridgehead atoms. The minimum Gasteiger partial charge on any atom is -0.463 e. The number of aryl methyl sites for hydroxylation is 1.